The van der Waals surface area contributed by atoms with Gasteiger partial charge in [0.1, 0.15) is 5.76 Å². The molecule has 1 aromatic heterocycles. The zero-order valence-electron chi connectivity index (χ0n) is 13.8. The summed E-state index contributed by atoms with van der Waals surface area (Å²) in [6.07, 6.45) is 0. The molecule has 0 amide bonds. The molecule has 0 radical (unpaired) electrons. The van der Waals surface area contributed by atoms with Gasteiger partial charge in [-0.25, -0.2) is 8.42 Å². The Bertz CT molecular complexity index is 791. The molecule has 0 spiro atoms. The number of rotatable bonds is 5. The molecule has 7 nitrogen and oxygen atoms in total. The van der Waals surface area contributed by atoms with E-state index in [1.54, 1.807) is 18.2 Å². The summed E-state index contributed by atoms with van der Waals surface area (Å²) in [5.74, 6) is 0.761. The van der Waals surface area contributed by atoms with E-state index in [0.29, 0.717) is 32.8 Å². The Balaban J connectivity index is 1.76. The van der Waals surface area contributed by atoms with Crippen molar-refractivity contribution in [1.29, 1.82) is 0 Å². The molecule has 0 saturated carbocycles. The van der Waals surface area contributed by atoms with Crippen LogP contribution >= 0.6 is 0 Å². The number of aromatic nitrogens is 1. The maximum Gasteiger partial charge on any atom is 0.243 e. The van der Waals surface area contributed by atoms with Gasteiger partial charge in [0.05, 0.1) is 23.8 Å². The van der Waals surface area contributed by atoms with Gasteiger partial charge >= 0.3 is 0 Å². The first-order valence-electron chi connectivity index (χ1n) is 7.82. The third-order valence-corrected chi connectivity index (χ3v) is 5.99. The number of hydrogen-bond acceptors (Lipinski definition) is 6. The number of nitrogens with zero attached hydrogens (tertiary/aromatic N) is 2. The van der Waals surface area contributed by atoms with E-state index in [1.807, 2.05) is 19.9 Å². The van der Waals surface area contributed by atoms with Crippen molar-refractivity contribution in [2.45, 2.75) is 25.3 Å². The van der Waals surface area contributed by atoms with E-state index in [4.69, 9.17) is 9.26 Å². The van der Waals surface area contributed by atoms with Gasteiger partial charge in [0.2, 0.25) is 10.0 Å². The van der Waals surface area contributed by atoms with Crippen molar-refractivity contribution in [2.75, 3.05) is 31.6 Å². The first-order chi connectivity index (χ1) is 11.5. The number of morpholine rings is 1. The maximum absolute atomic E-state index is 12.7. The van der Waals surface area contributed by atoms with Crippen LogP contribution in [-0.4, -0.2) is 44.2 Å². The second-order valence-electron chi connectivity index (χ2n) is 5.70. The first-order valence-corrected chi connectivity index (χ1v) is 9.26. The average Bonchev–Trinajstić information content (AvgIpc) is 2.92. The van der Waals surface area contributed by atoms with Gasteiger partial charge in [-0.2, -0.15) is 4.31 Å². The van der Waals surface area contributed by atoms with Crippen LogP contribution in [0.25, 0.3) is 0 Å². The van der Waals surface area contributed by atoms with E-state index in [0.717, 1.165) is 22.7 Å². The van der Waals surface area contributed by atoms with Crippen LogP contribution in [0.3, 0.4) is 0 Å². The highest BCUT2D eigenvalue weighted by atomic mass is 32.2. The van der Waals surface area contributed by atoms with Gasteiger partial charge < -0.3 is 14.6 Å². The number of ether oxygens (including phenoxy) is 1. The summed E-state index contributed by atoms with van der Waals surface area (Å²) in [6, 6.07) is 6.86. The van der Waals surface area contributed by atoms with Crippen LogP contribution in [0.4, 0.5) is 5.69 Å². The van der Waals surface area contributed by atoms with Crippen LogP contribution < -0.4 is 5.32 Å². The highest BCUT2D eigenvalue weighted by molar-refractivity contribution is 7.89. The third-order valence-electron chi connectivity index (χ3n) is 4.09. The summed E-state index contributed by atoms with van der Waals surface area (Å²) in [5, 5.41) is 7.15. The standard InChI is InChI=1S/C16H21N3O4S/c1-12-16(13(2)23-18-12)11-17-14-4-3-5-15(10-14)24(20,21)19-6-8-22-9-7-19/h3-5,10,17H,6-9,11H2,1-2H3. The summed E-state index contributed by atoms with van der Waals surface area (Å²) in [4.78, 5) is 0.285. The van der Waals surface area contributed by atoms with E-state index in [2.05, 4.69) is 10.5 Å². The predicted octanol–water partition coefficient (Wildman–Crippen LogP) is 1.92. The molecule has 1 aromatic carbocycles. The molecule has 2 heterocycles. The van der Waals surface area contributed by atoms with Gasteiger partial charge in [-0.15, -0.1) is 0 Å². The number of aryl methyl sites for hydroxylation is 2. The first kappa shape index (κ1) is 16.9. The van der Waals surface area contributed by atoms with Crippen LogP contribution in [-0.2, 0) is 21.3 Å². The molecule has 0 unspecified atom stereocenters. The van der Waals surface area contributed by atoms with E-state index < -0.39 is 10.0 Å². The van der Waals surface area contributed by atoms with Crippen molar-refractivity contribution in [3.8, 4) is 0 Å². The van der Waals surface area contributed by atoms with Gasteiger partial charge in [-0.05, 0) is 32.0 Å². The summed E-state index contributed by atoms with van der Waals surface area (Å²) >= 11 is 0. The summed E-state index contributed by atoms with van der Waals surface area (Å²) in [5.41, 5.74) is 2.55. The Morgan fingerprint density at radius 1 is 1.25 bits per heavy atom. The molecule has 1 N–H and O–H groups in total. The highest BCUT2D eigenvalue weighted by Crippen LogP contribution is 2.22. The number of anilines is 1. The summed E-state index contributed by atoms with van der Waals surface area (Å²) < 4.78 is 37.2. The lowest BCUT2D eigenvalue weighted by molar-refractivity contribution is 0.0730. The molecule has 0 aliphatic carbocycles. The Kier molecular flexibility index (Phi) is 4.88. The van der Waals surface area contributed by atoms with Crippen molar-refractivity contribution in [2.24, 2.45) is 0 Å². The van der Waals surface area contributed by atoms with E-state index in [-0.39, 0.29) is 4.90 Å². The van der Waals surface area contributed by atoms with Gasteiger partial charge in [-0.1, -0.05) is 11.2 Å². The molecule has 2 aromatic rings. The van der Waals surface area contributed by atoms with Gasteiger partial charge in [0.15, 0.2) is 0 Å². The maximum atomic E-state index is 12.7. The molecule has 1 aliphatic rings. The fraction of sp³-hybridized carbons (Fsp3) is 0.438. The van der Waals surface area contributed by atoms with Crippen molar-refractivity contribution < 1.29 is 17.7 Å². The molecule has 1 fully saturated rings. The lowest BCUT2D eigenvalue weighted by Crippen LogP contribution is -2.40. The van der Waals surface area contributed by atoms with Crippen molar-refractivity contribution in [1.82, 2.24) is 9.46 Å². The molecule has 130 valence electrons. The van der Waals surface area contributed by atoms with Gasteiger partial charge in [0.25, 0.3) is 0 Å². The topological polar surface area (TPSA) is 84.7 Å². The fourth-order valence-corrected chi connectivity index (χ4v) is 4.10. The molecule has 8 heteroatoms. The van der Waals surface area contributed by atoms with Crippen LogP contribution in [0, 0.1) is 13.8 Å². The number of sulfonamides is 1. The van der Waals surface area contributed by atoms with E-state index >= 15 is 0 Å². The van der Waals surface area contributed by atoms with Crippen LogP contribution in [0.15, 0.2) is 33.7 Å². The highest BCUT2D eigenvalue weighted by Gasteiger charge is 2.26. The van der Waals surface area contributed by atoms with E-state index in [1.165, 1.54) is 4.31 Å². The molecular weight excluding hydrogens is 330 g/mol. The minimum Gasteiger partial charge on any atom is -0.381 e. The second kappa shape index (κ2) is 6.92. The quantitative estimate of drug-likeness (QED) is 0.886. The Morgan fingerprint density at radius 3 is 2.67 bits per heavy atom. The summed E-state index contributed by atoms with van der Waals surface area (Å²) in [7, 11) is -3.49. The van der Waals surface area contributed by atoms with E-state index in [9.17, 15) is 8.42 Å². The van der Waals surface area contributed by atoms with Crippen LogP contribution in [0.5, 0.6) is 0 Å². The molecule has 0 atom stereocenters. The van der Waals surface area contributed by atoms with Crippen molar-refractivity contribution in [3.05, 3.63) is 41.3 Å². The molecule has 1 saturated heterocycles. The number of nitrogens with one attached hydrogen (secondary N) is 1. The number of hydrogen-bond donors (Lipinski definition) is 1. The Morgan fingerprint density at radius 2 is 2.00 bits per heavy atom. The SMILES string of the molecule is Cc1noc(C)c1CNc1cccc(S(=O)(=O)N2CCOCC2)c1. The Hall–Kier alpha value is -1.90. The van der Waals surface area contributed by atoms with Crippen LogP contribution in [0.2, 0.25) is 0 Å². The Labute approximate surface area is 141 Å². The lowest BCUT2D eigenvalue weighted by Gasteiger charge is -2.26. The predicted molar refractivity (Wildman–Crippen MR) is 89.3 cm³/mol. The molecule has 24 heavy (non-hydrogen) atoms. The fourth-order valence-electron chi connectivity index (χ4n) is 2.65. The second-order valence-corrected chi connectivity index (χ2v) is 7.64. The lowest BCUT2D eigenvalue weighted by atomic mass is 10.2. The molecule has 1 aliphatic heterocycles. The minimum atomic E-state index is -3.49. The molecular formula is C16H21N3O4S. The monoisotopic (exact) mass is 351 g/mol. The van der Waals surface area contributed by atoms with Crippen molar-refractivity contribution >= 4 is 15.7 Å². The smallest absolute Gasteiger partial charge is 0.243 e. The van der Waals surface area contributed by atoms with Gasteiger partial charge in [-0.3, -0.25) is 0 Å². The molecule has 3 rings (SSSR count). The zero-order chi connectivity index (χ0) is 17.2. The largest absolute Gasteiger partial charge is 0.381 e. The third kappa shape index (κ3) is 3.45. The van der Waals surface area contributed by atoms with Crippen molar-refractivity contribution in [3.63, 3.8) is 0 Å². The zero-order valence-corrected chi connectivity index (χ0v) is 14.6. The normalized spacial score (nSPS) is 16.2. The van der Waals surface area contributed by atoms with Gasteiger partial charge in [0, 0.05) is 30.9 Å². The molecule has 0 bridgehead atoms. The van der Waals surface area contributed by atoms with Crippen LogP contribution in [0.1, 0.15) is 17.0 Å². The number of benzene rings is 1. The average molecular weight is 351 g/mol. The summed E-state index contributed by atoms with van der Waals surface area (Å²) in [6.45, 7) is 5.91. The minimum absolute atomic E-state index is 0.285.